The molecule has 0 saturated heterocycles. The number of anilines is 3. The van der Waals surface area contributed by atoms with Gasteiger partial charge in [0.1, 0.15) is 22.6 Å². The fourth-order valence-electron chi connectivity index (χ4n) is 6.58. The number of cyclic esters (lactones) is 2. The zero-order valence-corrected chi connectivity index (χ0v) is 38.4. The van der Waals surface area contributed by atoms with E-state index in [2.05, 4.69) is 67.9 Å². The molecule has 2 aliphatic heterocycles. The van der Waals surface area contributed by atoms with Gasteiger partial charge in [-0.2, -0.15) is 0 Å². The number of carbonyl (C=O) groups is 3. The molecule has 64 heavy (non-hydrogen) atoms. The van der Waals surface area contributed by atoms with Gasteiger partial charge in [0.15, 0.2) is 16.0 Å². The lowest BCUT2D eigenvalue weighted by atomic mass is 10.1. The van der Waals surface area contributed by atoms with Gasteiger partial charge in [0.25, 0.3) is 0 Å². The molecular weight excluding hydrogens is 913 g/mol. The molecular formula is C50H43BrN4O7S2. The van der Waals surface area contributed by atoms with E-state index in [4.69, 9.17) is 36.9 Å². The largest absolute Gasteiger partial charge is 0.452 e. The number of nitrogens with zero attached hydrogens (tertiary/aromatic N) is 1. The number of hydrogen-bond acceptors (Lipinski definition) is 11. The van der Waals surface area contributed by atoms with Gasteiger partial charge >= 0.3 is 11.9 Å². The lowest BCUT2D eigenvalue weighted by Crippen LogP contribution is -2.38. The van der Waals surface area contributed by atoms with Gasteiger partial charge in [-0.15, -0.1) is 11.3 Å². The first-order valence-electron chi connectivity index (χ1n) is 20.0. The van der Waals surface area contributed by atoms with E-state index in [-0.39, 0.29) is 27.8 Å². The van der Waals surface area contributed by atoms with Crippen LogP contribution < -0.4 is 25.8 Å². The van der Waals surface area contributed by atoms with Gasteiger partial charge in [0, 0.05) is 55.6 Å². The Kier molecular flexibility index (Phi) is 13.9. The van der Waals surface area contributed by atoms with E-state index in [1.807, 2.05) is 84.2 Å². The molecule has 6 aromatic carbocycles. The molecule has 0 aliphatic carbocycles. The normalized spacial score (nSPS) is 13.8. The number of ether oxygens (including phenoxy) is 4. The van der Waals surface area contributed by atoms with Crippen LogP contribution in [0.15, 0.2) is 151 Å². The number of alkyl halides is 1. The predicted molar refractivity (Wildman–Crippen MR) is 260 cm³/mol. The van der Waals surface area contributed by atoms with Gasteiger partial charge in [-0.3, -0.25) is 4.79 Å². The van der Waals surface area contributed by atoms with Gasteiger partial charge in [-0.1, -0.05) is 101 Å². The fraction of sp³-hybridized carbons (Fsp3) is 0.140. The standard InChI is InChI=1S/C25H20N2O3S.C13H12N2S.C12H11BrO4/c1-25(2)29-22-13-10-18(14-20(22)23(28)30-25)21-15-31-24(27-21)26-19-11-8-17(9-12-19)16-6-4-3-5-7-16;14-13(16)15-12-8-6-11(7-9-12)10-4-2-1-3-5-10;1-12(2)16-10-4-3-7(9(14)6-13)5-8(10)11(15)17-12/h3-15H,1-2H3,(H,26,27);1-9H,(H3,14,15,16);3-5H,6H2,1-2H3. The number of aromatic nitrogens is 1. The Labute approximate surface area is 388 Å². The number of halogens is 1. The van der Waals surface area contributed by atoms with E-state index in [0.29, 0.717) is 22.6 Å². The second-order valence-electron chi connectivity index (χ2n) is 15.3. The van der Waals surface area contributed by atoms with Crippen LogP contribution in [0, 0.1) is 0 Å². The number of hydrogen-bond donors (Lipinski definition) is 3. The topological polar surface area (TPSA) is 151 Å². The Morgan fingerprint density at radius 2 is 1.11 bits per heavy atom. The SMILES string of the molecule is CC1(C)OC(=O)c2cc(-c3csc(Nc4ccc(-c5ccccc5)cc4)n3)ccc2O1.CC1(C)OC(=O)c2cc(C(=O)CBr)ccc2O1.NC(=S)Nc1ccc(-c2ccccc2)cc1. The first-order valence-corrected chi connectivity index (χ1v) is 22.4. The van der Waals surface area contributed by atoms with Gasteiger partial charge in [0.2, 0.25) is 11.6 Å². The molecule has 11 nitrogen and oxygen atoms in total. The molecule has 0 unspecified atom stereocenters. The van der Waals surface area contributed by atoms with E-state index in [9.17, 15) is 14.4 Å². The zero-order valence-electron chi connectivity index (χ0n) is 35.2. The Hall–Kier alpha value is -6.87. The molecule has 4 N–H and O–H groups in total. The maximum Gasteiger partial charge on any atom is 0.345 e. The number of thiazole rings is 1. The number of carbonyl (C=O) groups excluding carboxylic acids is 3. The summed E-state index contributed by atoms with van der Waals surface area (Å²) in [5.74, 6) is -1.91. The lowest BCUT2D eigenvalue weighted by molar-refractivity contribution is -0.128. The van der Waals surface area contributed by atoms with E-state index >= 15 is 0 Å². The Bertz CT molecular complexity index is 2800. The summed E-state index contributed by atoms with van der Waals surface area (Å²) in [6.45, 7) is 6.75. The molecule has 1 aromatic heterocycles. The highest BCUT2D eigenvalue weighted by Crippen LogP contribution is 2.36. The predicted octanol–water partition coefficient (Wildman–Crippen LogP) is 12.1. The monoisotopic (exact) mass is 954 g/mol. The van der Waals surface area contributed by atoms with Crippen molar-refractivity contribution in [2.45, 2.75) is 39.3 Å². The van der Waals surface area contributed by atoms with Crippen molar-refractivity contribution in [1.29, 1.82) is 0 Å². The van der Waals surface area contributed by atoms with Crippen LogP contribution in [0.2, 0.25) is 0 Å². The average Bonchev–Trinajstić information content (AvgIpc) is 3.75. The minimum atomic E-state index is -0.967. The third-order valence-electron chi connectivity index (χ3n) is 9.53. The summed E-state index contributed by atoms with van der Waals surface area (Å²) in [4.78, 5) is 40.2. The van der Waals surface area contributed by atoms with Crippen LogP contribution in [-0.4, -0.2) is 44.7 Å². The number of esters is 2. The summed E-state index contributed by atoms with van der Waals surface area (Å²) in [5, 5.41) is 9.48. The number of Topliss-reactive ketones (excluding diaryl/α,β-unsaturated/α-hetero) is 1. The number of fused-ring (bicyclic) bond motifs is 2. The summed E-state index contributed by atoms with van der Waals surface area (Å²) in [6, 6.07) is 46.9. The second kappa shape index (κ2) is 19.7. The first-order chi connectivity index (χ1) is 30.6. The minimum absolute atomic E-state index is 0.0922. The van der Waals surface area contributed by atoms with Crippen LogP contribution >= 0.6 is 39.5 Å². The molecule has 3 heterocycles. The van der Waals surface area contributed by atoms with E-state index in [1.165, 1.54) is 34.1 Å². The van der Waals surface area contributed by atoms with E-state index < -0.39 is 17.5 Å². The molecule has 0 amide bonds. The summed E-state index contributed by atoms with van der Waals surface area (Å²) in [5.41, 5.74) is 14.8. The van der Waals surface area contributed by atoms with Crippen molar-refractivity contribution in [3.63, 3.8) is 0 Å². The molecule has 7 aromatic rings. The summed E-state index contributed by atoms with van der Waals surface area (Å²) in [7, 11) is 0. The lowest BCUT2D eigenvalue weighted by Gasteiger charge is -2.31. The molecule has 324 valence electrons. The number of nitrogens with one attached hydrogen (secondary N) is 2. The molecule has 0 atom stereocenters. The third kappa shape index (κ3) is 11.6. The minimum Gasteiger partial charge on any atom is -0.452 e. The first kappa shape index (κ1) is 45.2. The van der Waals surface area contributed by atoms with Crippen LogP contribution in [0.25, 0.3) is 33.5 Å². The van der Waals surface area contributed by atoms with Crippen molar-refractivity contribution in [3.8, 4) is 45.0 Å². The van der Waals surface area contributed by atoms with E-state index in [0.717, 1.165) is 33.3 Å². The van der Waals surface area contributed by atoms with Crippen LogP contribution in [0.3, 0.4) is 0 Å². The summed E-state index contributed by atoms with van der Waals surface area (Å²) in [6.07, 6.45) is 0. The smallest absolute Gasteiger partial charge is 0.345 e. The van der Waals surface area contributed by atoms with Crippen molar-refractivity contribution in [2.75, 3.05) is 16.0 Å². The number of nitrogens with two attached hydrogens (primary N) is 1. The quantitative estimate of drug-likeness (QED) is 0.0575. The third-order valence-corrected chi connectivity index (χ3v) is 10.9. The van der Waals surface area contributed by atoms with Crippen molar-refractivity contribution >= 4 is 78.8 Å². The van der Waals surface area contributed by atoms with Crippen LogP contribution in [0.4, 0.5) is 16.5 Å². The van der Waals surface area contributed by atoms with Crippen molar-refractivity contribution in [3.05, 3.63) is 168 Å². The van der Waals surface area contributed by atoms with E-state index in [1.54, 1.807) is 52.0 Å². The van der Waals surface area contributed by atoms with Crippen LogP contribution in [0.1, 0.15) is 58.8 Å². The second-order valence-corrected chi connectivity index (χ2v) is 17.2. The van der Waals surface area contributed by atoms with Crippen LogP contribution in [-0.2, 0) is 9.47 Å². The fourth-order valence-corrected chi connectivity index (χ4v) is 7.76. The number of thiocarbonyl (C=S) groups is 1. The van der Waals surface area contributed by atoms with Gasteiger partial charge in [-0.25, -0.2) is 14.6 Å². The highest BCUT2D eigenvalue weighted by molar-refractivity contribution is 9.09. The molecule has 0 radical (unpaired) electrons. The molecule has 0 saturated carbocycles. The summed E-state index contributed by atoms with van der Waals surface area (Å²) >= 11 is 9.36. The maximum atomic E-state index is 12.3. The summed E-state index contributed by atoms with van der Waals surface area (Å²) < 4.78 is 21.6. The number of ketones is 1. The Morgan fingerprint density at radius 1 is 0.641 bits per heavy atom. The van der Waals surface area contributed by atoms with Crippen molar-refractivity contribution < 1.29 is 33.3 Å². The van der Waals surface area contributed by atoms with Crippen molar-refractivity contribution in [1.82, 2.24) is 4.98 Å². The van der Waals surface area contributed by atoms with Crippen molar-refractivity contribution in [2.24, 2.45) is 5.73 Å². The van der Waals surface area contributed by atoms with Gasteiger partial charge < -0.3 is 35.3 Å². The highest BCUT2D eigenvalue weighted by atomic mass is 79.9. The molecule has 9 rings (SSSR count). The van der Waals surface area contributed by atoms with Gasteiger partial charge in [0.05, 0.1) is 11.0 Å². The van der Waals surface area contributed by atoms with Gasteiger partial charge in [-0.05, 0) is 95.1 Å². The molecule has 0 bridgehead atoms. The molecule has 0 fully saturated rings. The molecule has 0 spiro atoms. The number of rotatable bonds is 8. The molecule has 14 heteroatoms. The molecule has 2 aliphatic rings. The Balaban J connectivity index is 0.000000157. The average molecular weight is 956 g/mol. The van der Waals surface area contributed by atoms with Crippen LogP contribution in [0.5, 0.6) is 11.5 Å². The Morgan fingerprint density at radius 3 is 1.62 bits per heavy atom. The number of benzene rings is 6. The zero-order chi connectivity index (χ0) is 45.4. The highest BCUT2D eigenvalue weighted by Gasteiger charge is 2.35. The maximum absolute atomic E-state index is 12.3.